The number of non-ortho nitro benzene ring substituents is 1. The van der Waals surface area contributed by atoms with E-state index in [9.17, 15) is 34.3 Å². The number of fused-ring (bicyclic) bond motifs is 2. The second kappa shape index (κ2) is 24.2. The highest BCUT2D eigenvalue weighted by molar-refractivity contribution is 6.03. The zero-order valence-electron chi connectivity index (χ0n) is 40.1. The van der Waals surface area contributed by atoms with Crippen LogP contribution in [0.15, 0.2) is 114 Å². The molecule has 378 valence electrons. The molecule has 4 aromatic rings. The van der Waals surface area contributed by atoms with Gasteiger partial charge < -0.3 is 43.5 Å². The molecule has 6 unspecified atom stereocenters. The van der Waals surface area contributed by atoms with E-state index in [4.69, 9.17) is 38.4 Å². The number of carbonyl (C=O) groups is 2. The van der Waals surface area contributed by atoms with E-state index in [1.807, 2.05) is 0 Å². The molecule has 0 spiro atoms. The van der Waals surface area contributed by atoms with Crippen molar-refractivity contribution in [3.05, 3.63) is 142 Å². The maximum absolute atomic E-state index is 14.5. The average Bonchev–Trinajstić information content (AvgIpc) is 3.37. The number of allylic oxidation sites excluding steroid dienone is 1. The van der Waals surface area contributed by atoms with Gasteiger partial charge in [0.05, 0.1) is 49.7 Å². The molecule has 1 fully saturated rings. The number of ether oxygens (including phenoxy) is 6. The lowest BCUT2D eigenvalue weighted by Crippen LogP contribution is -2.70. The maximum Gasteiger partial charge on any atom is 0.417 e. The van der Waals surface area contributed by atoms with Crippen LogP contribution in [0.5, 0.6) is 23.0 Å². The Balaban J connectivity index is 1.41. The summed E-state index contributed by atoms with van der Waals surface area (Å²) in [5.41, 5.74) is 3.41. The van der Waals surface area contributed by atoms with E-state index in [1.165, 1.54) is 43.4 Å². The SMILES string of the molecule is C=CCOC12Oc3ccc(OC(=O)Nc4ccc(OC)cc4OC)cc3C3C(CCCCO)C(CCCCO)C=C(C(=NOCc4ccc([N+](=O)[O-])cc4)CC1N(Cc1ccc(F)cc1)C(=O)OCC)C32. The number of unbranched alkanes of at least 4 members (excludes halogenated alkanes) is 2. The Morgan fingerprint density at radius 1 is 0.958 bits per heavy atom. The molecule has 3 N–H and O–H groups in total. The number of oxime groups is 1. The van der Waals surface area contributed by atoms with Crippen LogP contribution in [-0.4, -0.2) is 90.4 Å². The summed E-state index contributed by atoms with van der Waals surface area (Å²) in [4.78, 5) is 46.7. The number of nitro benzene ring substituents is 1. The third-order valence-corrected chi connectivity index (χ3v) is 13.2. The number of methoxy groups -OCH3 is 2. The predicted octanol–water partition coefficient (Wildman–Crippen LogP) is 9.85. The van der Waals surface area contributed by atoms with Gasteiger partial charge >= 0.3 is 12.2 Å². The first-order valence-electron chi connectivity index (χ1n) is 23.8. The normalized spacial score (nSPS) is 21.4. The van der Waals surface area contributed by atoms with Gasteiger partial charge in [0.25, 0.3) is 5.69 Å². The van der Waals surface area contributed by atoms with Crippen molar-refractivity contribution in [1.82, 2.24) is 4.90 Å². The number of rotatable bonds is 23. The van der Waals surface area contributed by atoms with Gasteiger partial charge in [0, 0.05) is 55.9 Å². The minimum absolute atomic E-state index is 0.00743. The number of nitro groups is 1. The number of aliphatic hydroxyl groups excluding tert-OH is 2. The van der Waals surface area contributed by atoms with Crippen molar-refractivity contribution in [1.29, 1.82) is 0 Å². The highest BCUT2D eigenvalue weighted by atomic mass is 19.1. The molecule has 1 saturated carbocycles. The molecule has 0 saturated heterocycles. The number of benzene rings is 4. The van der Waals surface area contributed by atoms with Crippen LogP contribution in [-0.2, 0) is 27.5 Å². The number of hydrogen-bond donors (Lipinski definition) is 3. The van der Waals surface area contributed by atoms with Gasteiger partial charge in [-0.05, 0) is 116 Å². The number of halogens is 1. The molecule has 6 atom stereocenters. The molecule has 0 radical (unpaired) electrons. The summed E-state index contributed by atoms with van der Waals surface area (Å²) in [5, 5.41) is 39.0. The van der Waals surface area contributed by atoms with Crippen LogP contribution in [0.1, 0.15) is 74.5 Å². The molecule has 4 aromatic carbocycles. The van der Waals surface area contributed by atoms with E-state index >= 15 is 0 Å². The quantitative estimate of drug-likeness (QED) is 0.0274. The Bertz CT molecular complexity index is 2560. The van der Waals surface area contributed by atoms with E-state index in [1.54, 1.807) is 73.7 Å². The molecule has 1 aliphatic heterocycles. The largest absolute Gasteiger partial charge is 0.497 e. The lowest BCUT2D eigenvalue weighted by molar-refractivity contribution is -0.384. The maximum atomic E-state index is 14.5. The van der Waals surface area contributed by atoms with Crippen molar-refractivity contribution in [3.8, 4) is 23.0 Å². The number of hydrogen-bond acceptors (Lipinski definition) is 14. The van der Waals surface area contributed by atoms with Gasteiger partial charge in [-0.3, -0.25) is 20.3 Å². The van der Waals surface area contributed by atoms with Crippen LogP contribution in [0, 0.1) is 33.7 Å². The third kappa shape index (κ3) is 12.0. The number of carbonyl (C=O) groups excluding carboxylic acids is 2. The van der Waals surface area contributed by atoms with Crippen molar-refractivity contribution >= 4 is 29.3 Å². The van der Waals surface area contributed by atoms with Crippen molar-refractivity contribution in [2.45, 2.75) is 82.8 Å². The molecular formula is C53H61FN4O13. The van der Waals surface area contributed by atoms with E-state index in [2.05, 4.69) is 18.0 Å². The summed E-state index contributed by atoms with van der Waals surface area (Å²) in [7, 11) is 3.00. The van der Waals surface area contributed by atoms with Crippen LogP contribution in [0.2, 0.25) is 0 Å². The smallest absolute Gasteiger partial charge is 0.417 e. The van der Waals surface area contributed by atoms with E-state index in [0.717, 1.165) is 5.57 Å². The predicted molar refractivity (Wildman–Crippen MR) is 261 cm³/mol. The Morgan fingerprint density at radius 2 is 1.68 bits per heavy atom. The van der Waals surface area contributed by atoms with Gasteiger partial charge in [-0.15, -0.1) is 6.58 Å². The van der Waals surface area contributed by atoms with Crippen LogP contribution < -0.4 is 24.3 Å². The van der Waals surface area contributed by atoms with Crippen molar-refractivity contribution < 1.29 is 62.4 Å². The van der Waals surface area contributed by atoms with Gasteiger partial charge in [-0.1, -0.05) is 42.3 Å². The lowest BCUT2D eigenvalue weighted by Gasteiger charge is -2.59. The van der Waals surface area contributed by atoms with Crippen LogP contribution in [0.3, 0.4) is 0 Å². The second-order valence-electron chi connectivity index (χ2n) is 17.5. The highest BCUT2D eigenvalue weighted by Gasteiger charge is 2.65. The zero-order valence-corrected chi connectivity index (χ0v) is 40.1. The van der Waals surface area contributed by atoms with Gasteiger partial charge in [-0.2, -0.15) is 0 Å². The lowest BCUT2D eigenvalue weighted by atomic mass is 9.55. The number of anilines is 1. The van der Waals surface area contributed by atoms with E-state index in [-0.39, 0.29) is 69.3 Å². The molecular weight excluding hydrogens is 920 g/mol. The first-order chi connectivity index (χ1) is 34.5. The molecule has 2 aliphatic carbocycles. The molecule has 2 amide bonds. The average molecular weight is 981 g/mol. The number of amides is 2. The Kier molecular flexibility index (Phi) is 17.7. The van der Waals surface area contributed by atoms with Crippen LogP contribution >= 0.6 is 0 Å². The molecule has 3 aliphatic rings. The topological polar surface area (TPSA) is 210 Å². The Labute approximate surface area is 411 Å². The van der Waals surface area contributed by atoms with E-state index in [0.29, 0.717) is 83.9 Å². The summed E-state index contributed by atoms with van der Waals surface area (Å²) >= 11 is 0. The molecule has 71 heavy (non-hydrogen) atoms. The summed E-state index contributed by atoms with van der Waals surface area (Å²) < 4.78 is 51.2. The fourth-order valence-corrected chi connectivity index (χ4v) is 10.0. The van der Waals surface area contributed by atoms with Gasteiger partial charge in [-0.25, -0.2) is 14.0 Å². The first-order valence-corrected chi connectivity index (χ1v) is 23.8. The minimum Gasteiger partial charge on any atom is -0.497 e. The summed E-state index contributed by atoms with van der Waals surface area (Å²) in [6.45, 7) is 5.61. The molecule has 18 heteroatoms. The number of nitrogens with zero attached hydrogens (tertiary/aromatic N) is 3. The molecule has 17 nitrogen and oxygen atoms in total. The molecule has 0 aromatic heterocycles. The number of nitrogens with one attached hydrogen (secondary N) is 1. The van der Waals surface area contributed by atoms with Gasteiger partial charge in [0.15, 0.2) is 0 Å². The first kappa shape index (κ1) is 51.8. The summed E-state index contributed by atoms with van der Waals surface area (Å²) in [6.07, 6.45) is 6.09. The summed E-state index contributed by atoms with van der Waals surface area (Å²) in [6, 6.07) is 20.8. The van der Waals surface area contributed by atoms with Crippen molar-refractivity contribution in [3.63, 3.8) is 0 Å². The zero-order chi connectivity index (χ0) is 50.5. The fourth-order valence-electron chi connectivity index (χ4n) is 10.0. The van der Waals surface area contributed by atoms with Gasteiger partial charge in [0.1, 0.15) is 41.5 Å². The standard InChI is InChI=1S/C53H61FN4O13/c1-5-27-68-53-48(57(52(62)67-6-2)32-34-13-17-37(54)18-14-34)31-45(56-69-33-35-15-19-38(20-16-35)58(63)64)42-28-36(11-7-9-25-59)41(12-8-10-26-60)49(50(42)53)43-29-40(22-24-46(43)71-53)70-51(61)55-44-23-21-39(65-3)30-47(44)66-4/h5,13-24,28-30,36,41,48-50,59-60H,1,6-12,25-27,31-33H2,2-4H3,(H,55,61). The summed E-state index contributed by atoms with van der Waals surface area (Å²) in [5.74, 6) is -2.11. The van der Waals surface area contributed by atoms with E-state index < -0.39 is 46.6 Å². The molecule has 0 bridgehead atoms. The fraction of sp³-hybridized carbons (Fsp3) is 0.415. The Morgan fingerprint density at radius 3 is 2.35 bits per heavy atom. The van der Waals surface area contributed by atoms with Crippen molar-refractivity contribution in [2.75, 3.05) is 46.0 Å². The molecule has 7 rings (SSSR count). The number of aliphatic hydroxyl groups is 2. The minimum atomic E-state index is -1.67. The van der Waals surface area contributed by atoms with Crippen LogP contribution in [0.4, 0.5) is 25.4 Å². The molecule has 1 heterocycles. The van der Waals surface area contributed by atoms with Crippen LogP contribution in [0.25, 0.3) is 0 Å². The third-order valence-electron chi connectivity index (χ3n) is 13.2. The Hall–Kier alpha value is -7.02. The second-order valence-corrected chi connectivity index (χ2v) is 17.5. The van der Waals surface area contributed by atoms with Crippen molar-refractivity contribution in [2.24, 2.45) is 22.9 Å². The van der Waals surface area contributed by atoms with Gasteiger partial charge in [0.2, 0.25) is 5.79 Å². The monoisotopic (exact) mass is 980 g/mol. The highest BCUT2D eigenvalue weighted by Crippen LogP contribution is 2.62.